The topological polar surface area (TPSA) is 88.5 Å². The molecule has 7 heteroatoms. The van der Waals surface area contributed by atoms with Gasteiger partial charge in [-0.1, -0.05) is 6.07 Å². The number of aromatic nitrogens is 1. The number of sulfonamides is 1. The maximum Gasteiger partial charge on any atom is 0.258 e. The highest BCUT2D eigenvalue weighted by molar-refractivity contribution is 7.89. The second-order valence-electron chi connectivity index (χ2n) is 4.48. The molecule has 2 rings (SSSR count). The van der Waals surface area contributed by atoms with Gasteiger partial charge in [-0.25, -0.2) is 18.1 Å². The van der Waals surface area contributed by atoms with E-state index < -0.39 is 10.0 Å². The number of hydrogen-bond donors (Lipinski definition) is 2. The summed E-state index contributed by atoms with van der Waals surface area (Å²) in [5, 5.41) is 8.84. The van der Waals surface area contributed by atoms with Crippen molar-refractivity contribution < 1.29 is 18.3 Å². The Balaban J connectivity index is 1.89. The number of rotatable bonds is 6. The molecule has 1 fully saturated rings. The summed E-state index contributed by atoms with van der Waals surface area (Å²) in [6.45, 7) is 0.956. The molecular formula is C12H18N2O4S. The SMILES string of the molecule is O=S(=O)(NCCC1CCCO1)c1ccc(CO)cn1. The first kappa shape index (κ1) is 14.4. The van der Waals surface area contributed by atoms with Crippen LogP contribution < -0.4 is 4.72 Å². The van der Waals surface area contributed by atoms with Gasteiger partial charge in [0, 0.05) is 19.3 Å². The predicted molar refractivity (Wildman–Crippen MR) is 68.9 cm³/mol. The van der Waals surface area contributed by atoms with Crippen LogP contribution in [0.4, 0.5) is 0 Å². The third-order valence-corrected chi connectivity index (χ3v) is 4.41. The third-order valence-electron chi connectivity index (χ3n) is 3.04. The van der Waals surface area contributed by atoms with Gasteiger partial charge in [0.1, 0.15) is 0 Å². The first-order valence-corrected chi connectivity index (χ1v) is 7.77. The van der Waals surface area contributed by atoms with E-state index >= 15 is 0 Å². The molecule has 1 aromatic heterocycles. The molecule has 0 aromatic carbocycles. The summed E-state index contributed by atoms with van der Waals surface area (Å²) in [4.78, 5) is 3.83. The van der Waals surface area contributed by atoms with Crippen LogP contribution in [0.1, 0.15) is 24.8 Å². The van der Waals surface area contributed by atoms with Crippen molar-refractivity contribution >= 4 is 10.0 Å². The van der Waals surface area contributed by atoms with Gasteiger partial charge in [-0.05, 0) is 30.9 Å². The van der Waals surface area contributed by atoms with Crippen molar-refractivity contribution in [1.82, 2.24) is 9.71 Å². The summed E-state index contributed by atoms with van der Waals surface area (Å²) in [6, 6.07) is 2.93. The van der Waals surface area contributed by atoms with Crippen molar-refractivity contribution in [1.29, 1.82) is 0 Å². The molecule has 1 saturated heterocycles. The highest BCUT2D eigenvalue weighted by atomic mass is 32.2. The van der Waals surface area contributed by atoms with E-state index in [9.17, 15) is 8.42 Å². The fourth-order valence-electron chi connectivity index (χ4n) is 1.96. The molecule has 0 spiro atoms. The molecule has 1 aliphatic heterocycles. The maximum atomic E-state index is 11.9. The third kappa shape index (κ3) is 3.97. The van der Waals surface area contributed by atoms with E-state index in [0.29, 0.717) is 18.5 Å². The fraction of sp³-hybridized carbons (Fsp3) is 0.583. The van der Waals surface area contributed by atoms with Gasteiger partial charge in [-0.15, -0.1) is 0 Å². The number of aliphatic hydroxyl groups is 1. The molecule has 0 amide bonds. The van der Waals surface area contributed by atoms with E-state index in [-0.39, 0.29) is 17.7 Å². The van der Waals surface area contributed by atoms with Crippen LogP contribution in [-0.2, 0) is 21.4 Å². The highest BCUT2D eigenvalue weighted by Gasteiger charge is 2.18. The van der Waals surface area contributed by atoms with Crippen LogP contribution in [0.25, 0.3) is 0 Å². The standard InChI is InChI=1S/C12H18N2O4S/c15-9-10-3-4-12(13-8-10)19(16,17)14-6-5-11-2-1-7-18-11/h3-4,8,11,14-15H,1-2,5-7,9H2. The summed E-state index contributed by atoms with van der Waals surface area (Å²) in [5.41, 5.74) is 0.582. The first-order valence-electron chi connectivity index (χ1n) is 6.29. The van der Waals surface area contributed by atoms with Crippen molar-refractivity contribution in [2.75, 3.05) is 13.2 Å². The predicted octanol–water partition coefficient (Wildman–Crippen LogP) is 0.421. The Morgan fingerprint density at radius 2 is 2.32 bits per heavy atom. The van der Waals surface area contributed by atoms with Crippen LogP contribution >= 0.6 is 0 Å². The second-order valence-corrected chi connectivity index (χ2v) is 6.20. The van der Waals surface area contributed by atoms with Gasteiger partial charge in [-0.3, -0.25) is 0 Å². The van der Waals surface area contributed by atoms with E-state index in [4.69, 9.17) is 9.84 Å². The molecule has 2 heterocycles. The molecular weight excluding hydrogens is 268 g/mol. The molecule has 1 aromatic rings. The lowest BCUT2D eigenvalue weighted by atomic mass is 10.2. The Bertz CT molecular complexity index is 495. The number of pyridine rings is 1. The van der Waals surface area contributed by atoms with Crippen LogP contribution in [-0.4, -0.2) is 37.8 Å². The number of nitrogens with zero attached hydrogens (tertiary/aromatic N) is 1. The number of nitrogens with one attached hydrogen (secondary N) is 1. The zero-order valence-corrected chi connectivity index (χ0v) is 11.4. The average molecular weight is 286 g/mol. The van der Waals surface area contributed by atoms with Gasteiger partial charge in [0.2, 0.25) is 0 Å². The lowest BCUT2D eigenvalue weighted by Crippen LogP contribution is -2.27. The summed E-state index contributed by atoms with van der Waals surface area (Å²) < 4.78 is 31.8. The Kier molecular flexibility index (Phi) is 4.87. The largest absolute Gasteiger partial charge is 0.392 e. The zero-order valence-electron chi connectivity index (χ0n) is 10.6. The van der Waals surface area contributed by atoms with E-state index in [0.717, 1.165) is 19.4 Å². The minimum Gasteiger partial charge on any atom is -0.392 e. The summed E-state index contributed by atoms with van der Waals surface area (Å²) in [7, 11) is -3.58. The van der Waals surface area contributed by atoms with Crippen molar-refractivity contribution in [2.24, 2.45) is 0 Å². The van der Waals surface area contributed by atoms with Gasteiger partial charge < -0.3 is 9.84 Å². The molecule has 19 heavy (non-hydrogen) atoms. The molecule has 0 bridgehead atoms. The Morgan fingerprint density at radius 3 is 2.89 bits per heavy atom. The van der Waals surface area contributed by atoms with Crippen molar-refractivity contribution in [3.05, 3.63) is 23.9 Å². The first-order chi connectivity index (χ1) is 9.12. The molecule has 1 unspecified atom stereocenters. The Morgan fingerprint density at radius 1 is 1.47 bits per heavy atom. The van der Waals surface area contributed by atoms with Crippen LogP contribution in [0.15, 0.2) is 23.4 Å². The van der Waals surface area contributed by atoms with Crippen molar-refractivity contribution in [3.8, 4) is 0 Å². The number of hydrogen-bond acceptors (Lipinski definition) is 5. The molecule has 0 saturated carbocycles. The van der Waals surface area contributed by atoms with Gasteiger partial charge in [0.05, 0.1) is 12.7 Å². The van der Waals surface area contributed by atoms with E-state index in [1.165, 1.54) is 12.3 Å². The normalized spacial score (nSPS) is 19.7. The molecule has 106 valence electrons. The molecule has 0 radical (unpaired) electrons. The minimum absolute atomic E-state index is 0.0305. The Hall–Kier alpha value is -1.02. The van der Waals surface area contributed by atoms with E-state index in [1.807, 2.05) is 0 Å². The Labute approximate surface area is 112 Å². The summed E-state index contributed by atoms with van der Waals surface area (Å²) in [6.07, 6.45) is 4.22. The molecule has 1 aliphatic rings. The van der Waals surface area contributed by atoms with Crippen LogP contribution in [0.2, 0.25) is 0 Å². The van der Waals surface area contributed by atoms with Crippen molar-refractivity contribution in [2.45, 2.75) is 37.0 Å². The molecule has 2 N–H and O–H groups in total. The van der Waals surface area contributed by atoms with Gasteiger partial charge in [0.15, 0.2) is 5.03 Å². The number of ether oxygens (including phenoxy) is 1. The smallest absolute Gasteiger partial charge is 0.258 e. The lowest BCUT2D eigenvalue weighted by Gasteiger charge is -2.10. The molecule has 1 atom stereocenters. The van der Waals surface area contributed by atoms with Gasteiger partial charge in [0.25, 0.3) is 10.0 Å². The highest BCUT2D eigenvalue weighted by Crippen LogP contribution is 2.15. The van der Waals surface area contributed by atoms with Crippen LogP contribution in [0, 0.1) is 0 Å². The summed E-state index contributed by atoms with van der Waals surface area (Å²) in [5.74, 6) is 0. The lowest BCUT2D eigenvalue weighted by molar-refractivity contribution is 0.105. The quantitative estimate of drug-likeness (QED) is 0.791. The van der Waals surface area contributed by atoms with E-state index in [2.05, 4.69) is 9.71 Å². The fourth-order valence-corrected chi connectivity index (χ4v) is 2.94. The van der Waals surface area contributed by atoms with E-state index in [1.54, 1.807) is 6.07 Å². The monoisotopic (exact) mass is 286 g/mol. The molecule has 6 nitrogen and oxygen atoms in total. The summed E-state index contributed by atoms with van der Waals surface area (Å²) >= 11 is 0. The van der Waals surface area contributed by atoms with Crippen LogP contribution in [0.5, 0.6) is 0 Å². The zero-order chi connectivity index (χ0) is 13.7. The average Bonchev–Trinajstić information content (AvgIpc) is 2.92. The minimum atomic E-state index is -3.58. The van der Waals surface area contributed by atoms with Gasteiger partial charge in [-0.2, -0.15) is 0 Å². The second kappa shape index (κ2) is 6.42. The number of aliphatic hydroxyl groups excluding tert-OH is 1. The van der Waals surface area contributed by atoms with Gasteiger partial charge >= 0.3 is 0 Å². The van der Waals surface area contributed by atoms with Crippen LogP contribution in [0.3, 0.4) is 0 Å². The molecule has 0 aliphatic carbocycles. The maximum absolute atomic E-state index is 11.9. The van der Waals surface area contributed by atoms with Crippen molar-refractivity contribution in [3.63, 3.8) is 0 Å².